The van der Waals surface area contributed by atoms with E-state index >= 15 is 0 Å². The predicted octanol–water partition coefficient (Wildman–Crippen LogP) is 2.16. The van der Waals surface area contributed by atoms with Gasteiger partial charge in [0.2, 0.25) is 0 Å². The summed E-state index contributed by atoms with van der Waals surface area (Å²) < 4.78 is 10.5. The number of hydrogen-bond donors (Lipinski definition) is 2. The third-order valence-corrected chi connectivity index (χ3v) is 4.94. The van der Waals surface area contributed by atoms with E-state index < -0.39 is 0 Å². The van der Waals surface area contributed by atoms with Gasteiger partial charge in [-0.2, -0.15) is 5.10 Å². The molecule has 3 rings (SSSR count). The molecule has 0 aliphatic carbocycles. The Morgan fingerprint density at radius 2 is 2.04 bits per heavy atom. The standard InChI is InChI=1S/C18H22N4O3S/c1-24-15-4-2-14(3-5-15)19-13-17(23)21-20-12-16-6-7-18(26-16)22-8-10-25-11-9-22/h2-7,12,19H,8-11,13H2,1H3,(H,21,23)/b20-12+. The van der Waals surface area contributed by atoms with E-state index in [1.807, 2.05) is 30.3 Å². The maximum Gasteiger partial charge on any atom is 0.259 e. The van der Waals surface area contributed by atoms with Crippen molar-refractivity contribution in [1.29, 1.82) is 0 Å². The fourth-order valence-electron chi connectivity index (χ4n) is 2.46. The molecule has 0 bridgehead atoms. The number of thiophene rings is 1. The number of benzene rings is 1. The topological polar surface area (TPSA) is 75.2 Å². The first kappa shape index (κ1) is 18.2. The highest BCUT2D eigenvalue weighted by atomic mass is 32.1. The van der Waals surface area contributed by atoms with Crippen molar-refractivity contribution in [2.75, 3.05) is 50.2 Å². The van der Waals surface area contributed by atoms with Crippen molar-refractivity contribution in [2.45, 2.75) is 0 Å². The molecule has 1 fully saturated rings. The number of amides is 1. The summed E-state index contributed by atoms with van der Waals surface area (Å²) in [5.41, 5.74) is 3.37. The highest BCUT2D eigenvalue weighted by Crippen LogP contribution is 2.25. The molecule has 8 heteroatoms. The number of nitrogens with one attached hydrogen (secondary N) is 2. The summed E-state index contributed by atoms with van der Waals surface area (Å²) in [5, 5.41) is 8.25. The van der Waals surface area contributed by atoms with Gasteiger partial charge in [-0.05, 0) is 36.4 Å². The molecule has 2 heterocycles. The average Bonchev–Trinajstić information content (AvgIpc) is 3.16. The van der Waals surface area contributed by atoms with E-state index in [2.05, 4.69) is 26.8 Å². The monoisotopic (exact) mass is 374 g/mol. The van der Waals surface area contributed by atoms with Gasteiger partial charge in [-0.3, -0.25) is 4.79 Å². The average molecular weight is 374 g/mol. The first-order valence-corrected chi connectivity index (χ1v) is 9.18. The molecule has 1 aliphatic heterocycles. The fraction of sp³-hybridized carbons (Fsp3) is 0.333. The molecule has 0 unspecified atom stereocenters. The number of carbonyl (C=O) groups excluding carboxylic acids is 1. The Morgan fingerprint density at radius 3 is 2.77 bits per heavy atom. The van der Waals surface area contributed by atoms with Gasteiger partial charge in [0.15, 0.2) is 0 Å². The van der Waals surface area contributed by atoms with Crippen molar-refractivity contribution in [3.8, 4) is 5.75 Å². The number of nitrogens with zero attached hydrogens (tertiary/aromatic N) is 2. The molecule has 1 aromatic carbocycles. The number of hydrazone groups is 1. The molecule has 138 valence electrons. The van der Waals surface area contributed by atoms with Gasteiger partial charge in [0.05, 0.1) is 38.1 Å². The van der Waals surface area contributed by atoms with Crippen LogP contribution >= 0.6 is 11.3 Å². The number of morpholine rings is 1. The van der Waals surface area contributed by atoms with Crippen LogP contribution in [0, 0.1) is 0 Å². The number of carbonyl (C=O) groups is 1. The summed E-state index contributed by atoms with van der Waals surface area (Å²) in [6.07, 6.45) is 1.67. The van der Waals surface area contributed by atoms with Crippen LogP contribution in [0.25, 0.3) is 0 Å². The van der Waals surface area contributed by atoms with Crippen LogP contribution in [0.15, 0.2) is 41.5 Å². The van der Waals surface area contributed by atoms with Gasteiger partial charge in [0, 0.05) is 23.7 Å². The maximum absolute atomic E-state index is 11.9. The van der Waals surface area contributed by atoms with Crippen LogP contribution in [-0.4, -0.2) is 52.1 Å². The summed E-state index contributed by atoms with van der Waals surface area (Å²) in [6.45, 7) is 3.49. The predicted molar refractivity (Wildman–Crippen MR) is 105 cm³/mol. The third-order valence-electron chi connectivity index (χ3n) is 3.86. The second-order valence-electron chi connectivity index (χ2n) is 5.65. The normalized spacial score (nSPS) is 14.4. The van der Waals surface area contributed by atoms with E-state index in [1.54, 1.807) is 24.7 Å². The van der Waals surface area contributed by atoms with E-state index in [-0.39, 0.29) is 12.5 Å². The number of hydrogen-bond acceptors (Lipinski definition) is 7. The Hall–Kier alpha value is -2.58. The first-order valence-electron chi connectivity index (χ1n) is 8.37. The Balaban J connectivity index is 1.42. The fourth-order valence-corrected chi connectivity index (χ4v) is 3.39. The quantitative estimate of drug-likeness (QED) is 0.574. The number of ether oxygens (including phenoxy) is 2. The SMILES string of the molecule is COc1ccc(NCC(=O)N/N=C/c2ccc(N3CCOCC3)s2)cc1. The second-order valence-corrected chi connectivity index (χ2v) is 6.74. The lowest BCUT2D eigenvalue weighted by Gasteiger charge is -2.27. The van der Waals surface area contributed by atoms with Crippen molar-refractivity contribution in [2.24, 2.45) is 5.10 Å². The summed E-state index contributed by atoms with van der Waals surface area (Å²) in [4.78, 5) is 15.1. The lowest BCUT2D eigenvalue weighted by Crippen LogP contribution is -2.35. The first-order chi connectivity index (χ1) is 12.7. The maximum atomic E-state index is 11.9. The van der Waals surface area contributed by atoms with Crippen molar-refractivity contribution in [3.05, 3.63) is 41.3 Å². The minimum absolute atomic E-state index is 0.146. The van der Waals surface area contributed by atoms with Crippen LogP contribution in [0.1, 0.15) is 4.88 Å². The van der Waals surface area contributed by atoms with Crippen LogP contribution < -0.4 is 20.4 Å². The second kappa shape index (κ2) is 9.21. The Morgan fingerprint density at radius 1 is 1.27 bits per heavy atom. The number of rotatable bonds is 7. The van der Waals surface area contributed by atoms with Crippen LogP contribution in [0.3, 0.4) is 0 Å². The van der Waals surface area contributed by atoms with E-state index in [4.69, 9.17) is 9.47 Å². The molecule has 0 saturated carbocycles. The van der Waals surface area contributed by atoms with Crippen LogP contribution in [-0.2, 0) is 9.53 Å². The van der Waals surface area contributed by atoms with Gasteiger partial charge in [-0.1, -0.05) is 0 Å². The summed E-state index contributed by atoms with van der Waals surface area (Å²) in [5.74, 6) is 0.569. The molecule has 1 amide bonds. The van der Waals surface area contributed by atoms with Crippen molar-refractivity contribution >= 4 is 34.1 Å². The number of methoxy groups -OCH3 is 1. The van der Waals surface area contributed by atoms with Crippen LogP contribution in [0.5, 0.6) is 5.75 Å². The summed E-state index contributed by atoms with van der Waals surface area (Å²) in [6, 6.07) is 11.5. The Kier molecular flexibility index (Phi) is 6.45. The van der Waals surface area contributed by atoms with Gasteiger partial charge in [0.25, 0.3) is 5.91 Å². The van der Waals surface area contributed by atoms with Crippen LogP contribution in [0.4, 0.5) is 10.7 Å². The molecular weight excluding hydrogens is 352 g/mol. The van der Waals surface area contributed by atoms with Crippen molar-refractivity contribution < 1.29 is 14.3 Å². The molecule has 1 saturated heterocycles. The molecule has 0 radical (unpaired) electrons. The van der Waals surface area contributed by atoms with Crippen LogP contribution in [0.2, 0.25) is 0 Å². The molecule has 7 nitrogen and oxygen atoms in total. The van der Waals surface area contributed by atoms with E-state index in [1.165, 1.54) is 5.00 Å². The highest BCUT2D eigenvalue weighted by molar-refractivity contribution is 7.17. The van der Waals surface area contributed by atoms with E-state index in [0.29, 0.717) is 0 Å². The highest BCUT2D eigenvalue weighted by Gasteiger charge is 2.12. The number of anilines is 2. The van der Waals surface area contributed by atoms with E-state index in [9.17, 15) is 4.79 Å². The minimum Gasteiger partial charge on any atom is -0.497 e. The molecule has 2 aromatic rings. The van der Waals surface area contributed by atoms with Gasteiger partial charge < -0.3 is 19.7 Å². The molecule has 0 atom stereocenters. The lowest BCUT2D eigenvalue weighted by atomic mass is 10.3. The molecule has 2 N–H and O–H groups in total. The molecule has 1 aromatic heterocycles. The minimum atomic E-state index is -0.206. The smallest absolute Gasteiger partial charge is 0.259 e. The molecule has 1 aliphatic rings. The largest absolute Gasteiger partial charge is 0.497 e. The third kappa shape index (κ3) is 5.21. The zero-order valence-corrected chi connectivity index (χ0v) is 15.4. The van der Waals surface area contributed by atoms with Crippen molar-refractivity contribution in [3.63, 3.8) is 0 Å². The molecule has 0 spiro atoms. The zero-order valence-electron chi connectivity index (χ0n) is 14.6. The van der Waals surface area contributed by atoms with Gasteiger partial charge >= 0.3 is 0 Å². The van der Waals surface area contributed by atoms with Gasteiger partial charge in [-0.25, -0.2) is 5.43 Å². The summed E-state index contributed by atoms with van der Waals surface area (Å²) in [7, 11) is 1.62. The Bertz CT molecular complexity index is 739. The zero-order chi connectivity index (χ0) is 18.2. The van der Waals surface area contributed by atoms with Gasteiger partial charge in [-0.15, -0.1) is 11.3 Å². The lowest BCUT2D eigenvalue weighted by molar-refractivity contribution is -0.119. The molecule has 26 heavy (non-hydrogen) atoms. The Labute approximate surface area is 156 Å². The summed E-state index contributed by atoms with van der Waals surface area (Å²) >= 11 is 1.65. The molecular formula is C18H22N4O3S. The van der Waals surface area contributed by atoms with E-state index in [0.717, 1.165) is 42.6 Å². The van der Waals surface area contributed by atoms with Crippen molar-refractivity contribution in [1.82, 2.24) is 5.43 Å². The van der Waals surface area contributed by atoms with Gasteiger partial charge in [0.1, 0.15) is 5.75 Å².